The van der Waals surface area contributed by atoms with Crippen LogP contribution in [0.4, 0.5) is 17.6 Å². The van der Waals surface area contributed by atoms with E-state index in [1.165, 1.54) is 0 Å². The molecule has 26 heavy (non-hydrogen) atoms. The van der Waals surface area contributed by atoms with Crippen molar-refractivity contribution in [1.82, 2.24) is 10.9 Å². The Bertz CT molecular complexity index is 872. The normalized spacial score (nSPS) is 10.4. The molecule has 0 atom stereocenters. The highest BCUT2D eigenvalue weighted by molar-refractivity contribution is 5.95. The van der Waals surface area contributed by atoms with Gasteiger partial charge in [-0.15, -0.1) is 0 Å². The number of hydrogen-bond acceptors (Lipinski definition) is 3. The first-order chi connectivity index (χ1) is 12.2. The fourth-order valence-corrected chi connectivity index (χ4v) is 1.97. The number of hydrogen-bond donors (Lipinski definition) is 2. The number of ether oxygens (including phenoxy) is 1. The summed E-state index contributed by atoms with van der Waals surface area (Å²) in [5.41, 5.74) is 4.26. The molecule has 0 aliphatic carbocycles. The molecule has 138 valence electrons. The van der Waals surface area contributed by atoms with Crippen LogP contribution in [0.5, 0.6) is 5.75 Å². The Kier molecular flexibility index (Phi) is 5.81. The Morgan fingerprint density at radius 3 is 2.35 bits per heavy atom. The zero-order chi connectivity index (χ0) is 19.4. The number of aryl methyl sites for hydroxylation is 2. The average Bonchev–Trinajstić information content (AvgIpc) is 2.61. The minimum absolute atomic E-state index is 0.182. The number of carbonyl (C=O) groups excluding carboxylic acids is 2. The SMILES string of the molecule is Cc1ccc(C)c(OCC(=O)NNC(=O)c2cc(F)c(F)c(F)c2F)c1. The van der Waals surface area contributed by atoms with E-state index in [0.29, 0.717) is 5.75 Å². The number of nitrogens with one attached hydrogen (secondary N) is 2. The molecule has 0 saturated carbocycles. The van der Waals surface area contributed by atoms with Gasteiger partial charge in [0.25, 0.3) is 11.8 Å². The van der Waals surface area contributed by atoms with Crippen LogP contribution in [0.2, 0.25) is 0 Å². The molecule has 0 saturated heterocycles. The maximum atomic E-state index is 13.5. The van der Waals surface area contributed by atoms with Crippen LogP contribution in [0.3, 0.4) is 0 Å². The molecule has 0 spiro atoms. The molecule has 9 heteroatoms. The van der Waals surface area contributed by atoms with E-state index in [9.17, 15) is 27.2 Å². The third-order valence-electron chi connectivity index (χ3n) is 3.37. The molecule has 0 aliphatic rings. The molecule has 0 radical (unpaired) electrons. The molecule has 2 amide bonds. The smallest absolute Gasteiger partial charge is 0.276 e. The minimum Gasteiger partial charge on any atom is -0.483 e. The van der Waals surface area contributed by atoms with E-state index < -0.39 is 47.3 Å². The molecule has 0 bridgehead atoms. The van der Waals surface area contributed by atoms with Gasteiger partial charge < -0.3 is 4.74 Å². The number of amides is 2. The van der Waals surface area contributed by atoms with Crippen molar-refractivity contribution in [3.8, 4) is 5.75 Å². The van der Waals surface area contributed by atoms with Gasteiger partial charge in [-0.1, -0.05) is 12.1 Å². The van der Waals surface area contributed by atoms with E-state index in [1.807, 2.05) is 18.4 Å². The summed E-state index contributed by atoms with van der Waals surface area (Å²) in [4.78, 5) is 23.4. The molecule has 0 heterocycles. The Balaban J connectivity index is 1.95. The second-order valence-electron chi connectivity index (χ2n) is 5.41. The summed E-state index contributed by atoms with van der Waals surface area (Å²) in [6, 6.07) is 5.55. The Hall–Kier alpha value is -3.10. The van der Waals surface area contributed by atoms with Gasteiger partial charge in [0, 0.05) is 0 Å². The molecule has 0 unspecified atom stereocenters. The number of hydrazine groups is 1. The highest BCUT2D eigenvalue weighted by Gasteiger charge is 2.23. The summed E-state index contributed by atoms with van der Waals surface area (Å²) >= 11 is 0. The number of halogens is 4. The maximum absolute atomic E-state index is 13.5. The minimum atomic E-state index is -2.13. The van der Waals surface area contributed by atoms with Gasteiger partial charge in [0.2, 0.25) is 0 Å². The quantitative estimate of drug-likeness (QED) is 0.376. The van der Waals surface area contributed by atoms with Crippen molar-refractivity contribution < 1.29 is 31.9 Å². The van der Waals surface area contributed by atoms with E-state index in [1.54, 1.807) is 24.5 Å². The maximum Gasteiger partial charge on any atom is 0.276 e. The monoisotopic (exact) mass is 370 g/mol. The number of rotatable bonds is 4. The lowest BCUT2D eigenvalue weighted by Crippen LogP contribution is -2.44. The lowest BCUT2D eigenvalue weighted by molar-refractivity contribution is -0.123. The summed E-state index contributed by atoms with van der Waals surface area (Å²) in [5, 5.41) is 0. The molecule has 2 aromatic rings. The average molecular weight is 370 g/mol. The summed E-state index contributed by atoms with van der Waals surface area (Å²) in [7, 11) is 0. The van der Waals surface area contributed by atoms with E-state index in [2.05, 4.69) is 0 Å². The van der Waals surface area contributed by atoms with Crippen molar-refractivity contribution >= 4 is 11.8 Å². The van der Waals surface area contributed by atoms with Crippen molar-refractivity contribution in [3.63, 3.8) is 0 Å². The van der Waals surface area contributed by atoms with Crippen LogP contribution in [0, 0.1) is 37.1 Å². The molecule has 2 aromatic carbocycles. The van der Waals surface area contributed by atoms with E-state index in [0.717, 1.165) is 11.1 Å². The molecular formula is C17H14F4N2O3. The zero-order valence-corrected chi connectivity index (χ0v) is 13.8. The second kappa shape index (κ2) is 7.85. The van der Waals surface area contributed by atoms with Crippen LogP contribution >= 0.6 is 0 Å². The van der Waals surface area contributed by atoms with Crippen molar-refractivity contribution in [3.05, 3.63) is 64.2 Å². The van der Waals surface area contributed by atoms with Crippen LogP contribution < -0.4 is 15.6 Å². The number of benzene rings is 2. The molecular weight excluding hydrogens is 356 g/mol. The molecule has 5 nitrogen and oxygen atoms in total. The van der Waals surface area contributed by atoms with Crippen LogP contribution in [-0.4, -0.2) is 18.4 Å². The molecule has 0 aliphatic heterocycles. The summed E-state index contributed by atoms with van der Waals surface area (Å²) in [6.45, 7) is 3.14. The first-order valence-electron chi connectivity index (χ1n) is 7.33. The van der Waals surface area contributed by atoms with Crippen LogP contribution in [-0.2, 0) is 4.79 Å². The Morgan fingerprint density at radius 2 is 1.65 bits per heavy atom. The van der Waals surface area contributed by atoms with Gasteiger partial charge in [0.1, 0.15) is 5.75 Å². The predicted molar refractivity (Wildman–Crippen MR) is 83.3 cm³/mol. The van der Waals surface area contributed by atoms with E-state index in [4.69, 9.17) is 4.74 Å². The molecule has 0 aromatic heterocycles. The predicted octanol–water partition coefficient (Wildman–Crippen LogP) is 2.70. The van der Waals surface area contributed by atoms with Crippen molar-refractivity contribution in [2.24, 2.45) is 0 Å². The lowest BCUT2D eigenvalue weighted by atomic mass is 10.1. The topological polar surface area (TPSA) is 67.4 Å². The first-order valence-corrected chi connectivity index (χ1v) is 7.33. The highest BCUT2D eigenvalue weighted by atomic mass is 19.2. The van der Waals surface area contributed by atoms with Crippen LogP contribution in [0.25, 0.3) is 0 Å². The number of carbonyl (C=O) groups is 2. The van der Waals surface area contributed by atoms with E-state index in [-0.39, 0.29) is 6.07 Å². The van der Waals surface area contributed by atoms with Gasteiger partial charge in [-0.25, -0.2) is 17.6 Å². The highest BCUT2D eigenvalue weighted by Crippen LogP contribution is 2.19. The summed E-state index contributed by atoms with van der Waals surface area (Å²) < 4.78 is 57.8. The third-order valence-corrected chi connectivity index (χ3v) is 3.37. The van der Waals surface area contributed by atoms with Gasteiger partial charge in [-0.3, -0.25) is 20.4 Å². The lowest BCUT2D eigenvalue weighted by Gasteiger charge is -2.11. The Labute approximate surface area is 145 Å². The van der Waals surface area contributed by atoms with Gasteiger partial charge >= 0.3 is 0 Å². The fourth-order valence-electron chi connectivity index (χ4n) is 1.97. The van der Waals surface area contributed by atoms with Crippen molar-refractivity contribution in [2.45, 2.75) is 13.8 Å². The standard InChI is InChI=1S/C17H14F4N2O3/c1-8-3-4-9(2)12(5-8)26-7-13(24)22-23-17(25)10-6-11(18)15(20)16(21)14(10)19/h3-6H,7H2,1-2H3,(H,22,24)(H,23,25). The fraction of sp³-hybridized carbons (Fsp3) is 0.176. The molecule has 0 fully saturated rings. The van der Waals surface area contributed by atoms with Gasteiger partial charge in [-0.05, 0) is 37.1 Å². The summed E-state index contributed by atoms with van der Waals surface area (Å²) in [5.74, 6) is -9.48. The zero-order valence-electron chi connectivity index (χ0n) is 13.8. The van der Waals surface area contributed by atoms with Crippen LogP contribution in [0.15, 0.2) is 24.3 Å². The van der Waals surface area contributed by atoms with Gasteiger partial charge in [-0.2, -0.15) is 0 Å². The van der Waals surface area contributed by atoms with Gasteiger partial charge in [0.05, 0.1) is 5.56 Å². The molecule has 2 N–H and O–H groups in total. The largest absolute Gasteiger partial charge is 0.483 e. The van der Waals surface area contributed by atoms with E-state index >= 15 is 0 Å². The second-order valence-corrected chi connectivity index (χ2v) is 5.41. The molecule has 2 rings (SSSR count). The third kappa shape index (κ3) is 4.29. The van der Waals surface area contributed by atoms with Gasteiger partial charge in [0.15, 0.2) is 29.9 Å². The summed E-state index contributed by atoms with van der Waals surface area (Å²) in [6.07, 6.45) is 0. The van der Waals surface area contributed by atoms with Crippen molar-refractivity contribution in [1.29, 1.82) is 0 Å². The first kappa shape index (κ1) is 19.2. The van der Waals surface area contributed by atoms with Crippen molar-refractivity contribution in [2.75, 3.05) is 6.61 Å². The van der Waals surface area contributed by atoms with Crippen LogP contribution in [0.1, 0.15) is 21.5 Å². The Morgan fingerprint density at radius 1 is 0.962 bits per heavy atom.